The van der Waals surface area contributed by atoms with Gasteiger partial charge >= 0.3 is 0 Å². The van der Waals surface area contributed by atoms with Gasteiger partial charge in [-0.05, 0) is 62.4 Å². The van der Waals surface area contributed by atoms with Crippen LogP contribution in [0.15, 0.2) is 47.4 Å². The number of hydrogen-bond acceptors (Lipinski definition) is 4. The summed E-state index contributed by atoms with van der Waals surface area (Å²) in [6, 6.07) is 9.15. The highest BCUT2D eigenvalue weighted by Crippen LogP contribution is 2.40. The fraction of sp³-hybridized carbons (Fsp3) is 0.250. The Hall–Kier alpha value is -2.93. The third-order valence-corrected chi connectivity index (χ3v) is 6.69. The van der Waals surface area contributed by atoms with Gasteiger partial charge in [0.15, 0.2) is 0 Å². The van der Waals surface area contributed by atoms with Gasteiger partial charge in [-0.3, -0.25) is 14.5 Å². The molecule has 2 aromatic rings. The zero-order chi connectivity index (χ0) is 22.5. The molecule has 2 aliphatic heterocycles. The standard InChI is InChI=1S/C24H22F2N2O2S/c1-14-12-24(2,3)27(4)20-11-19(26)16(9-17(14)20)10-21-22(29)28(23(30)31-21)13-15-7-5-6-8-18(15)25/h5-12H,13H2,1-4H3/b21-10+. The van der Waals surface area contributed by atoms with Crippen LogP contribution in [-0.4, -0.2) is 28.6 Å². The normalized spacial score (nSPS) is 19.2. The summed E-state index contributed by atoms with van der Waals surface area (Å²) in [6.07, 6.45) is 3.51. The van der Waals surface area contributed by atoms with E-state index in [1.807, 2.05) is 18.9 Å². The van der Waals surface area contributed by atoms with Crippen LogP contribution in [0, 0.1) is 11.6 Å². The highest BCUT2D eigenvalue weighted by Gasteiger charge is 2.36. The van der Waals surface area contributed by atoms with E-state index in [2.05, 4.69) is 19.9 Å². The molecule has 0 atom stereocenters. The molecule has 0 aliphatic carbocycles. The summed E-state index contributed by atoms with van der Waals surface area (Å²) in [5, 5.41) is -0.504. The second-order valence-electron chi connectivity index (χ2n) is 8.29. The number of hydrogen-bond donors (Lipinski definition) is 0. The quantitative estimate of drug-likeness (QED) is 0.563. The molecule has 2 amide bonds. The minimum atomic E-state index is -0.555. The Morgan fingerprint density at radius 1 is 1.10 bits per heavy atom. The van der Waals surface area contributed by atoms with Crippen molar-refractivity contribution in [2.45, 2.75) is 32.9 Å². The van der Waals surface area contributed by atoms with Gasteiger partial charge in [-0.1, -0.05) is 24.3 Å². The molecular formula is C24H22F2N2O2S. The second-order valence-corrected chi connectivity index (χ2v) is 9.28. The topological polar surface area (TPSA) is 40.6 Å². The van der Waals surface area contributed by atoms with Crippen LogP contribution in [0.2, 0.25) is 0 Å². The van der Waals surface area contributed by atoms with E-state index in [-0.39, 0.29) is 28.1 Å². The van der Waals surface area contributed by atoms with E-state index < -0.39 is 22.8 Å². The SMILES string of the molecule is CC1=CC(C)(C)N(C)c2cc(F)c(/C=C3/SC(=O)N(Cc4ccccc4F)C3=O)cc21. The first-order valence-corrected chi connectivity index (χ1v) is 10.7. The van der Waals surface area contributed by atoms with Crippen molar-refractivity contribution < 1.29 is 18.4 Å². The number of carbonyl (C=O) groups is 2. The lowest BCUT2D eigenvalue weighted by atomic mass is 9.88. The van der Waals surface area contributed by atoms with E-state index in [0.29, 0.717) is 0 Å². The maximum atomic E-state index is 14.9. The number of likely N-dealkylation sites (N-methyl/N-ethyl adjacent to an activating group) is 1. The summed E-state index contributed by atoms with van der Waals surface area (Å²) < 4.78 is 28.9. The number of halogens is 2. The van der Waals surface area contributed by atoms with Crippen molar-refractivity contribution in [3.05, 3.63) is 75.7 Å². The largest absolute Gasteiger partial charge is 0.365 e. The first kappa shape index (κ1) is 21.3. The van der Waals surface area contributed by atoms with Crippen LogP contribution in [0.5, 0.6) is 0 Å². The number of anilines is 1. The molecule has 0 unspecified atom stereocenters. The summed E-state index contributed by atoms with van der Waals surface area (Å²) in [4.78, 5) is 28.3. The third kappa shape index (κ3) is 3.78. The van der Waals surface area contributed by atoms with Gasteiger partial charge in [-0.15, -0.1) is 0 Å². The van der Waals surface area contributed by atoms with Crippen molar-refractivity contribution in [2.75, 3.05) is 11.9 Å². The summed E-state index contributed by atoms with van der Waals surface area (Å²) in [5.41, 5.74) is 2.89. The first-order chi connectivity index (χ1) is 14.6. The molecule has 1 saturated heterocycles. The Bertz CT molecular complexity index is 1170. The monoisotopic (exact) mass is 440 g/mol. The molecule has 7 heteroatoms. The van der Waals surface area contributed by atoms with E-state index in [9.17, 15) is 18.4 Å². The summed E-state index contributed by atoms with van der Waals surface area (Å²) in [5.74, 6) is -1.52. The van der Waals surface area contributed by atoms with E-state index in [1.54, 1.807) is 18.2 Å². The Morgan fingerprint density at radius 2 is 1.81 bits per heavy atom. The van der Waals surface area contributed by atoms with Crippen LogP contribution in [-0.2, 0) is 11.3 Å². The predicted molar refractivity (Wildman–Crippen MR) is 120 cm³/mol. The molecule has 0 spiro atoms. The number of thioether (sulfide) groups is 1. The second kappa shape index (κ2) is 7.64. The molecule has 0 radical (unpaired) electrons. The van der Waals surface area contributed by atoms with Gasteiger partial charge in [-0.25, -0.2) is 8.78 Å². The van der Waals surface area contributed by atoms with Crippen molar-refractivity contribution in [1.29, 1.82) is 0 Å². The van der Waals surface area contributed by atoms with Gasteiger partial charge in [0.2, 0.25) is 0 Å². The number of imide groups is 1. The summed E-state index contributed by atoms with van der Waals surface area (Å²) >= 11 is 0.733. The van der Waals surface area contributed by atoms with Crippen LogP contribution in [0.25, 0.3) is 11.6 Å². The Kier molecular flexibility index (Phi) is 5.25. The van der Waals surface area contributed by atoms with Crippen LogP contribution in [0.4, 0.5) is 19.3 Å². The summed E-state index contributed by atoms with van der Waals surface area (Å²) in [6.45, 7) is 5.91. The maximum Gasteiger partial charge on any atom is 0.293 e. The van der Waals surface area contributed by atoms with Crippen molar-refractivity contribution in [3.8, 4) is 0 Å². The average molecular weight is 441 g/mol. The molecule has 0 N–H and O–H groups in total. The van der Waals surface area contributed by atoms with Gasteiger partial charge in [0.1, 0.15) is 11.6 Å². The smallest absolute Gasteiger partial charge is 0.293 e. The van der Waals surface area contributed by atoms with Crippen molar-refractivity contribution >= 4 is 40.2 Å². The summed E-state index contributed by atoms with van der Waals surface area (Å²) in [7, 11) is 1.91. The fourth-order valence-corrected chi connectivity index (χ4v) is 4.70. The lowest BCUT2D eigenvalue weighted by Crippen LogP contribution is -2.42. The molecule has 4 nitrogen and oxygen atoms in total. The number of rotatable bonds is 3. The Balaban J connectivity index is 1.67. The third-order valence-electron chi connectivity index (χ3n) is 5.78. The van der Waals surface area contributed by atoms with Crippen molar-refractivity contribution in [3.63, 3.8) is 0 Å². The van der Waals surface area contributed by atoms with E-state index in [1.165, 1.54) is 24.3 Å². The zero-order valence-electron chi connectivity index (χ0n) is 17.7. The number of amides is 2. The van der Waals surface area contributed by atoms with E-state index >= 15 is 0 Å². The van der Waals surface area contributed by atoms with Gasteiger partial charge in [0, 0.05) is 29.4 Å². The first-order valence-electron chi connectivity index (χ1n) is 9.84. The number of fused-ring (bicyclic) bond motifs is 1. The van der Waals surface area contributed by atoms with E-state index in [0.717, 1.165) is 33.5 Å². The molecule has 0 bridgehead atoms. The van der Waals surface area contributed by atoms with Crippen LogP contribution < -0.4 is 4.90 Å². The maximum absolute atomic E-state index is 14.9. The highest BCUT2D eigenvalue weighted by molar-refractivity contribution is 8.18. The molecule has 4 rings (SSSR count). The van der Waals surface area contributed by atoms with Crippen molar-refractivity contribution in [2.24, 2.45) is 0 Å². The lowest BCUT2D eigenvalue weighted by molar-refractivity contribution is -0.123. The number of nitrogens with zero attached hydrogens (tertiary/aromatic N) is 2. The van der Waals surface area contributed by atoms with Crippen LogP contribution in [0.3, 0.4) is 0 Å². The number of allylic oxidation sites excluding steroid dienone is 1. The van der Waals surface area contributed by atoms with Gasteiger partial charge in [0.25, 0.3) is 11.1 Å². The van der Waals surface area contributed by atoms with Gasteiger partial charge in [0.05, 0.1) is 17.0 Å². The molecule has 0 aromatic heterocycles. The van der Waals surface area contributed by atoms with Crippen LogP contribution >= 0.6 is 11.8 Å². The molecule has 1 fully saturated rings. The molecule has 31 heavy (non-hydrogen) atoms. The van der Waals surface area contributed by atoms with Crippen molar-refractivity contribution in [1.82, 2.24) is 4.90 Å². The minimum absolute atomic E-state index is 0.117. The van der Waals surface area contributed by atoms with E-state index in [4.69, 9.17) is 0 Å². The molecule has 2 aromatic carbocycles. The molecular weight excluding hydrogens is 418 g/mol. The lowest BCUT2D eigenvalue weighted by Gasteiger charge is -2.40. The molecule has 2 heterocycles. The Labute approximate surface area is 184 Å². The predicted octanol–water partition coefficient (Wildman–Crippen LogP) is 5.83. The molecule has 2 aliphatic rings. The van der Waals surface area contributed by atoms with Gasteiger partial charge < -0.3 is 4.90 Å². The van der Waals surface area contributed by atoms with Crippen LogP contribution in [0.1, 0.15) is 37.5 Å². The number of benzene rings is 2. The molecule has 160 valence electrons. The highest BCUT2D eigenvalue weighted by atomic mass is 32.2. The average Bonchev–Trinajstić information content (AvgIpc) is 2.96. The van der Waals surface area contributed by atoms with Gasteiger partial charge in [-0.2, -0.15) is 0 Å². The fourth-order valence-electron chi connectivity index (χ4n) is 3.87. The minimum Gasteiger partial charge on any atom is -0.365 e. The number of carbonyl (C=O) groups excluding carboxylic acids is 2. The Morgan fingerprint density at radius 3 is 2.52 bits per heavy atom. The zero-order valence-corrected chi connectivity index (χ0v) is 18.5. The molecule has 0 saturated carbocycles.